The van der Waals surface area contributed by atoms with Gasteiger partial charge < -0.3 is 10.1 Å². The summed E-state index contributed by atoms with van der Waals surface area (Å²) in [6, 6.07) is 1.11. The van der Waals surface area contributed by atoms with E-state index in [1.807, 2.05) is 0 Å². The van der Waals surface area contributed by atoms with E-state index in [0.29, 0.717) is 6.42 Å². The monoisotopic (exact) mass is 320 g/mol. The van der Waals surface area contributed by atoms with Gasteiger partial charge in [-0.05, 0) is 24.8 Å². The molecule has 2 rings (SSSR count). The van der Waals surface area contributed by atoms with Crippen molar-refractivity contribution in [1.29, 1.82) is 0 Å². The largest absolute Gasteiger partial charge is 0.393 e. The van der Waals surface area contributed by atoms with E-state index >= 15 is 0 Å². The lowest BCUT2D eigenvalue weighted by atomic mass is 9.87. The second-order valence-corrected chi connectivity index (χ2v) is 7.15. The lowest BCUT2D eigenvalue weighted by Crippen LogP contribution is -2.36. The summed E-state index contributed by atoms with van der Waals surface area (Å²) in [4.78, 5) is 13.3. The fourth-order valence-corrected chi connectivity index (χ4v) is 3.64. The van der Waals surface area contributed by atoms with Crippen LogP contribution in [0.25, 0.3) is 0 Å². The molecule has 0 spiro atoms. The van der Waals surface area contributed by atoms with E-state index in [2.05, 4.69) is 9.71 Å². The number of rotatable bonds is 4. The van der Waals surface area contributed by atoms with Crippen molar-refractivity contribution in [2.24, 2.45) is 5.92 Å². The van der Waals surface area contributed by atoms with Gasteiger partial charge in [-0.25, -0.2) is 13.1 Å². The summed E-state index contributed by atoms with van der Waals surface area (Å²) in [7, 11) is -3.74. The van der Waals surface area contributed by atoms with Gasteiger partial charge in [-0.3, -0.25) is 4.79 Å². The quantitative estimate of drug-likeness (QED) is 0.766. The molecule has 1 aliphatic rings. The molecule has 0 saturated heterocycles. The highest BCUT2D eigenvalue weighted by Crippen LogP contribution is 2.24. The number of aliphatic hydroxyl groups is 1. The van der Waals surface area contributed by atoms with Crippen molar-refractivity contribution in [3.63, 3.8) is 0 Å². The Bertz CT molecular complexity index is 629. The fourth-order valence-electron chi connectivity index (χ4n) is 2.32. The summed E-state index contributed by atoms with van der Waals surface area (Å²) in [6.45, 7) is 0.181. The molecule has 2 atom stereocenters. The number of sulfonamides is 1. The first kappa shape index (κ1) is 15.5. The Balaban J connectivity index is 2.07. The second kappa shape index (κ2) is 6.26. The molecular weight excluding hydrogens is 304 g/mol. The third-order valence-electron chi connectivity index (χ3n) is 3.55. The van der Waals surface area contributed by atoms with E-state index in [1.54, 1.807) is 0 Å². The van der Waals surface area contributed by atoms with E-state index in [4.69, 9.17) is 11.6 Å². The Kier molecular flexibility index (Phi) is 4.85. The molecule has 8 heteroatoms. The molecule has 2 unspecified atom stereocenters. The van der Waals surface area contributed by atoms with E-state index in [9.17, 15) is 18.3 Å². The predicted molar refractivity (Wildman–Crippen MR) is 75.2 cm³/mol. The van der Waals surface area contributed by atoms with Crippen molar-refractivity contribution < 1.29 is 13.5 Å². The van der Waals surface area contributed by atoms with Gasteiger partial charge in [0.15, 0.2) is 0 Å². The molecule has 1 aromatic rings. The van der Waals surface area contributed by atoms with Gasteiger partial charge in [-0.2, -0.15) is 0 Å². The van der Waals surface area contributed by atoms with Gasteiger partial charge in [-0.1, -0.05) is 24.4 Å². The van der Waals surface area contributed by atoms with Crippen LogP contribution in [0.5, 0.6) is 0 Å². The molecule has 0 aliphatic heterocycles. The van der Waals surface area contributed by atoms with Crippen LogP contribution in [0.1, 0.15) is 25.7 Å². The summed E-state index contributed by atoms with van der Waals surface area (Å²) in [5, 5.41) is 9.64. The molecular formula is C12H17ClN2O4S. The van der Waals surface area contributed by atoms with Crippen LogP contribution in [0.15, 0.2) is 22.0 Å². The van der Waals surface area contributed by atoms with Crippen molar-refractivity contribution >= 4 is 21.6 Å². The molecule has 1 heterocycles. The van der Waals surface area contributed by atoms with Crippen molar-refractivity contribution in [3.05, 3.63) is 27.6 Å². The highest BCUT2D eigenvalue weighted by atomic mass is 35.5. The van der Waals surface area contributed by atoms with E-state index < -0.39 is 21.7 Å². The number of pyridine rings is 1. The molecule has 0 amide bonds. The highest BCUT2D eigenvalue weighted by molar-refractivity contribution is 7.89. The molecule has 1 saturated carbocycles. The molecule has 0 bridgehead atoms. The molecule has 1 aliphatic carbocycles. The van der Waals surface area contributed by atoms with Gasteiger partial charge in [0.1, 0.15) is 5.02 Å². The number of nitrogens with one attached hydrogen (secondary N) is 2. The molecule has 1 fully saturated rings. The van der Waals surface area contributed by atoms with Gasteiger partial charge in [0.05, 0.1) is 11.0 Å². The minimum absolute atomic E-state index is 0.0724. The Morgan fingerprint density at radius 1 is 1.40 bits per heavy atom. The number of hydrogen-bond donors (Lipinski definition) is 3. The topological polar surface area (TPSA) is 99.3 Å². The minimum Gasteiger partial charge on any atom is -0.393 e. The maximum absolute atomic E-state index is 12.1. The normalized spacial score (nSPS) is 23.7. The van der Waals surface area contributed by atoms with Crippen LogP contribution >= 0.6 is 11.6 Å². The molecule has 112 valence electrons. The fraction of sp³-hybridized carbons (Fsp3) is 0.583. The Labute approximate surface area is 122 Å². The van der Waals surface area contributed by atoms with E-state index in [-0.39, 0.29) is 22.4 Å². The van der Waals surface area contributed by atoms with Crippen LogP contribution in [0.4, 0.5) is 0 Å². The van der Waals surface area contributed by atoms with Gasteiger partial charge in [0, 0.05) is 12.7 Å². The molecule has 0 radical (unpaired) electrons. The highest BCUT2D eigenvalue weighted by Gasteiger charge is 2.25. The summed E-state index contributed by atoms with van der Waals surface area (Å²) < 4.78 is 26.6. The second-order valence-electron chi connectivity index (χ2n) is 4.98. The Morgan fingerprint density at radius 2 is 2.10 bits per heavy atom. The van der Waals surface area contributed by atoms with Crippen molar-refractivity contribution in [2.45, 2.75) is 36.7 Å². The number of aromatic amines is 1. The van der Waals surface area contributed by atoms with Crippen LogP contribution in [0.2, 0.25) is 5.02 Å². The van der Waals surface area contributed by atoms with Gasteiger partial charge in [-0.15, -0.1) is 0 Å². The predicted octanol–water partition coefficient (Wildman–Crippen LogP) is 0.858. The van der Waals surface area contributed by atoms with Crippen LogP contribution in [-0.2, 0) is 10.0 Å². The van der Waals surface area contributed by atoms with Gasteiger partial charge in [0.2, 0.25) is 10.0 Å². The average molecular weight is 321 g/mol. The van der Waals surface area contributed by atoms with Crippen LogP contribution in [-0.4, -0.2) is 31.2 Å². The summed E-state index contributed by atoms with van der Waals surface area (Å²) in [5.41, 5.74) is -0.534. The van der Waals surface area contributed by atoms with Crippen LogP contribution in [0, 0.1) is 5.92 Å². The first-order chi connectivity index (χ1) is 9.40. The van der Waals surface area contributed by atoms with Crippen molar-refractivity contribution in [1.82, 2.24) is 9.71 Å². The zero-order valence-electron chi connectivity index (χ0n) is 10.8. The van der Waals surface area contributed by atoms with Crippen molar-refractivity contribution in [2.75, 3.05) is 6.54 Å². The van der Waals surface area contributed by atoms with E-state index in [0.717, 1.165) is 31.5 Å². The smallest absolute Gasteiger partial charge is 0.266 e. The third-order valence-corrected chi connectivity index (χ3v) is 5.23. The number of H-pyrrole nitrogens is 1. The molecule has 6 nitrogen and oxygen atoms in total. The van der Waals surface area contributed by atoms with E-state index in [1.165, 1.54) is 0 Å². The molecule has 1 aromatic heterocycles. The SMILES string of the molecule is O=c1[nH]cc(S(=O)(=O)NCC2CCCCC2O)cc1Cl. The number of halogens is 1. The summed E-state index contributed by atoms with van der Waals surface area (Å²) >= 11 is 5.62. The van der Waals surface area contributed by atoms with Crippen LogP contribution in [0.3, 0.4) is 0 Å². The summed E-state index contributed by atoms with van der Waals surface area (Å²) in [5.74, 6) is -0.0724. The number of aliphatic hydroxyl groups excluding tert-OH is 1. The van der Waals surface area contributed by atoms with Crippen LogP contribution < -0.4 is 10.3 Å². The lowest BCUT2D eigenvalue weighted by molar-refractivity contribution is 0.0724. The molecule has 0 aromatic carbocycles. The zero-order chi connectivity index (χ0) is 14.8. The first-order valence-electron chi connectivity index (χ1n) is 6.46. The maximum Gasteiger partial charge on any atom is 0.266 e. The summed E-state index contributed by atoms with van der Waals surface area (Å²) in [6.07, 6.45) is 4.11. The zero-order valence-corrected chi connectivity index (χ0v) is 12.4. The first-order valence-corrected chi connectivity index (χ1v) is 8.32. The molecule has 20 heavy (non-hydrogen) atoms. The average Bonchev–Trinajstić information content (AvgIpc) is 2.41. The number of hydrogen-bond acceptors (Lipinski definition) is 4. The maximum atomic E-state index is 12.1. The standard InChI is InChI=1S/C12H17ClN2O4S/c13-10-5-9(7-14-12(10)17)20(18,19)15-6-8-3-1-2-4-11(8)16/h5,7-8,11,15-16H,1-4,6H2,(H,14,17). The van der Waals surface area contributed by atoms with Gasteiger partial charge in [0.25, 0.3) is 5.56 Å². The minimum atomic E-state index is -3.74. The Morgan fingerprint density at radius 3 is 2.75 bits per heavy atom. The van der Waals surface area contributed by atoms with Gasteiger partial charge >= 0.3 is 0 Å². The number of aromatic nitrogens is 1. The van der Waals surface area contributed by atoms with Crippen molar-refractivity contribution in [3.8, 4) is 0 Å². The third kappa shape index (κ3) is 3.60. The molecule has 3 N–H and O–H groups in total. The Hall–Kier alpha value is -0.890. The lowest BCUT2D eigenvalue weighted by Gasteiger charge is -2.27.